The van der Waals surface area contributed by atoms with Crippen LogP contribution < -0.4 is 15.0 Å². The standard InChI is InChI=1S/C19H21BrN2O3/c20-16-3-7-18(8-4-16)25-14-19(23)21-17-5-1-15(2-6-17)13-22-9-11-24-12-10-22/h1-8H,9-14H2,(H,21,23)/p+1. The molecule has 6 heteroatoms. The lowest BCUT2D eigenvalue weighted by Crippen LogP contribution is -3.12. The number of amides is 1. The van der Waals surface area contributed by atoms with Gasteiger partial charge in [-0.25, -0.2) is 0 Å². The monoisotopic (exact) mass is 405 g/mol. The van der Waals surface area contributed by atoms with E-state index in [-0.39, 0.29) is 12.5 Å². The first kappa shape index (κ1) is 17.9. The first-order valence-corrected chi connectivity index (χ1v) is 9.17. The lowest BCUT2D eigenvalue weighted by molar-refractivity contribution is -0.921. The van der Waals surface area contributed by atoms with Crippen LogP contribution in [0.15, 0.2) is 53.0 Å². The van der Waals surface area contributed by atoms with Crippen molar-refractivity contribution in [2.75, 3.05) is 38.2 Å². The van der Waals surface area contributed by atoms with Crippen LogP contribution in [0.25, 0.3) is 0 Å². The van der Waals surface area contributed by atoms with Crippen LogP contribution in [0.4, 0.5) is 5.69 Å². The van der Waals surface area contributed by atoms with Crippen LogP contribution in [0, 0.1) is 0 Å². The van der Waals surface area contributed by atoms with Gasteiger partial charge in [0.2, 0.25) is 0 Å². The van der Waals surface area contributed by atoms with E-state index in [1.807, 2.05) is 36.4 Å². The van der Waals surface area contributed by atoms with Gasteiger partial charge in [-0.1, -0.05) is 28.1 Å². The number of nitrogens with one attached hydrogen (secondary N) is 2. The summed E-state index contributed by atoms with van der Waals surface area (Å²) in [6.45, 7) is 4.74. The number of morpholine rings is 1. The van der Waals surface area contributed by atoms with Gasteiger partial charge in [-0.3, -0.25) is 4.79 Å². The third-order valence-corrected chi connectivity index (χ3v) is 4.60. The third kappa shape index (κ3) is 5.85. The second-order valence-corrected chi connectivity index (χ2v) is 6.94. The Labute approximate surface area is 156 Å². The molecule has 132 valence electrons. The van der Waals surface area contributed by atoms with Crippen LogP contribution >= 0.6 is 15.9 Å². The summed E-state index contributed by atoms with van der Waals surface area (Å²) >= 11 is 3.36. The largest absolute Gasteiger partial charge is 0.484 e. The number of hydrogen-bond acceptors (Lipinski definition) is 3. The Hall–Kier alpha value is -1.89. The van der Waals surface area contributed by atoms with Crippen molar-refractivity contribution >= 4 is 27.5 Å². The van der Waals surface area contributed by atoms with E-state index in [9.17, 15) is 4.79 Å². The smallest absolute Gasteiger partial charge is 0.262 e. The van der Waals surface area contributed by atoms with Crippen LogP contribution in [0.1, 0.15) is 5.56 Å². The number of rotatable bonds is 6. The van der Waals surface area contributed by atoms with E-state index >= 15 is 0 Å². The normalized spacial score (nSPS) is 14.9. The minimum Gasteiger partial charge on any atom is -0.484 e. The van der Waals surface area contributed by atoms with Gasteiger partial charge in [0.1, 0.15) is 25.4 Å². The van der Waals surface area contributed by atoms with Crippen LogP contribution in [0.2, 0.25) is 0 Å². The zero-order valence-electron chi connectivity index (χ0n) is 14.0. The molecule has 5 nitrogen and oxygen atoms in total. The van der Waals surface area contributed by atoms with Gasteiger partial charge in [-0.15, -0.1) is 0 Å². The molecule has 1 saturated heterocycles. The molecule has 2 aromatic rings. The van der Waals surface area contributed by atoms with E-state index in [1.54, 1.807) is 0 Å². The van der Waals surface area contributed by atoms with E-state index in [1.165, 1.54) is 10.5 Å². The fourth-order valence-electron chi connectivity index (χ4n) is 2.71. The van der Waals surface area contributed by atoms with E-state index in [0.717, 1.165) is 43.0 Å². The quantitative estimate of drug-likeness (QED) is 0.771. The number of benzene rings is 2. The van der Waals surface area contributed by atoms with Crippen molar-refractivity contribution in [1.29, 1.82) is 0 Å². The molecule has 25 heavy (non-hydrogen) atoms. The molecule has 1 aliphatic rings. The number of anilines is 1. The number of halogens is 1. The summed E-state index contributed by atoms with van der Waals surface area (Å²) < 4.78 is 11.8. The highest BCUT2D eigenvalue weighted by atomic mass is 79.9. The summed E-state index contributed by atoms with van der Waals surface area (Å²) in [5.41, 5.74) is 2.05. The van der Waals surface area contributed by atoms with Crippen LogP contribution in [0.3, 0.4) is 0 Å². The van der Waals surface area contributed by atoms with Gasteiger partial charge in [-0.2, -0.15) is 0 Å². The summed E-state index contributed by atoms with van der Waals surface area (Å²) in [4.78, 5) is 13.5. The topological polar surface area (TPSA) is 52.0 Å². The Kier molecular flexibility index (Phi) is 6.44. The van der Waals surface area contributed by atoms with E-state index < -0.39 is 0 Å². The highest BCUT2D eigenvalue weighted by Crippen LogP contribution is 2.16. The molecule has 2 N–H and O–H groups in total. The van der Waals surface area contributed by atoms with E-state index in [2.05, 4.69) is 33.4 Å². The highest BCUT2D eigenvalue weighted by molar-refractivity contribution is 9.10. The summed E-state index contributed by atoms with van der Waals surface area (Å²) in [6, 6.07) is 15.4. The molecule has 0 aromatic heterocycles. The van der Waals surface area contributed by atoms with Crippen molar-refractivity contribution < 1.29 is 19.2 Å². The molecular weight excluding hydrogens is 384 g/mol. The maximum atomic E-state index is 12.0. The molecule has 1 amide bonds. The average molecular weight is 406 g/mol. The van der Waals surface area contributed by atoms with Gasteiger partial charge in [0.25, 0.3) is 5.91 Å². The molecular formula is C19H22BrN2O3+. The molecule has 0 bridgehead atoms. The second-order valence-electron chi connectivity index (χ2n) is 6.03. The van der Waals surface area contributed by atoms with Gasteiger partial charge in [0, 0.05) is 15.7 Å². The van der Waals surface area contributed by atoms with Gasteiger partial charge in [-0.05, 0) is 36.4 Å². The Morgan fingerprint density at radius 3 is 2.44 bits per heavy atom. The van der Waals surface area contributed by atoms with Crippen molar-refractivity contribution in [1.82, 2.24) is 0 Å². The number of carbonyl (C=O) groups is 1. The first-order chi connectivity index (χ1) is 12.2. The molecule has 0 unspecified atom stereocenters. The Morgan fingerprint density at radius 2 is 1.76 bits per heavy atom. The number of carbonyl (C=O) groups excluding carboxylic acids is 1. The maximum Gasteiger partial charge on any atom is 0.262 e. The lowest BCUT2D eigenvalue weighted by atomic mass is 10.2. The summed E-state index contributed by atoms with van der Waals surface area (Å²) in [5.74, 6) is 0.497. The zero-order valence-corrected chi connectivity index (χ0v) is 15.6. The van der Waals surface area contributed by atoms with Crippen LogP contribution in [-0.4, -0.2) is 38.8 Å². The van der Waals surface area contributed by atoms with Crippen molar-refractivity contribution in [3.8, 4) is 5.75 Å². The SMILES string of the molecule is O=C(COc1ccc(Br)cc1)Nc1ccc(C[NH+]2CCOCC2)cc1. The molecule has 0 spiro atoms. The van der Waals surface area contributed by atoms with Crippen LogP contribution in [-0.2, 0) is 16.1 Å². The van der Waals surface area contributed by atoms with Crippen molar-refractivity contribution in [2.45, 2.75) is 6.54 Å². The van der Waals surface area contributed by atoms with Gasteiger partial charge in [0.05, 0.1) is 13.2 Å². The van der Waals surface area contributed by atoms with E-state index in [4.69, 9.17) is 9.47 Å². The molecule has 1 heterocycles. The minimum atomic E-state index is -0.172. The van der Waals surface area contributed by atoms with Crippen molar-refractivity contribution in [2.24, 2.45) is 0 Å². The van der Waals surface area contributed by atoms with Gasteiger partial charge >= 0.3 is 0 Å². The number of quaternary nitrogens is 1. The summed E-state index contributed by atoms with van der Waals surface area (Å²) in [6.07, 6.45) is 0. The molecule has 0 saturated carbocycles. The third-order valence-electron chi connectivity index (χ3n) is 4.08. The second kappa shape index (κ2) is 8.99. The predicted octanol–water partition coefficient (Wildman–Crippen LogP) is 1.88. The first-order valence-electron chi connectivity index (χ1n) is 8.37. The van der Waals surface area contributed by atoms with Gasteiger partial charge in [0.15, 0.2) is 6.61 Å². The Morgan fingerprint density at radius 1 is 1.08 bits per heavy atom. The molecule has 0 radical (unpaired) electrons. The minimum absolute atomic E-state index is 0.0126. The summed E-state index contributed by atoms with van der Waals surface area (Å²) in [5, 5.41) is 2.85. The van der Waals surface area contributed by atoms with Crippen molar-refractivity contribution in [3.63, 3.8) is 0 Å². The van der Waals surface area contributed by atoms with E-state index in [0.29, 0.717) is 5.75 Å². The average Bonchev–Trinajstić information content (AvgIpc) is 2.64. The summed E-state index contributed by atoms with van der Waals surface area (Å²) in [7, 11) is 0. The lowest BCUT2D eigenvalue weighted by Gasteiger charge is -2.23. The molecule has 0 atom stereocenters. The predicted molar refractivity (Wildman–Crippen MR) is 99.9 cm³/mol. The fraction of sp³-hybridized carbons (Fsp3) is 0.316. The number of hydrogen-bond donors (Lipinski definition) is 2. The molecule has 2 aromatic carbocycles. The fourth-order valence-corrected chi connectivity index (χ4v) is 2.97. The molecule has 0 aliphatic carbocycles. The van der Waals surface area contributed by atoms with Crippen molar-refractivity contribution in [3.05, 3.63) is 58.6 Å². The Balaban J connectivity index is 1.45. The number of ether oxygens (including phenoxy) is 2. The highest BCUT2D eigenvalue weighted by Gasteiger charge is 2.14. The Bertz CT molecular complexity index is 683. The molecule has 1 fully saturated rings. The van der Waals surface area contributed by atoms with Gasteiger partial charge < -0.3 is 19.7 Å². The molecule has 1 aliphatic heterocycles. The maximum absolute atomic E-state index is 12.0. The van der Waals surface area contributed by atoms with Crippen LogP contribution in [0.5, 0.6) is 5.75 Å². The zero-order chi connectivity index (χ0) is 17.5. The molecule has 3 rings (SSSR count).